The predicted octanol–water partition coefficient (Wildman–Crippen LogP) is -0.433. The Balaban J connectivity index is 2.41. The van der Waals surface area contributed by atoms with E-state index in [2.05, 4.69) is 15.5 Å². The van der Waals surface area contributed by atoms with Gasteiger partial charge in [0.25, 0.3) is 0 Å². The fraction of sp³-hybridized carbons (Fsp3) is 0.500. The standard InChI is InChI=1S/C10H15N5O4/c1-6(9-14-11-5-15(9)2)12-10(19)13-7(16)3-4-8(17)18/h5-6H,3-4H2,1-2H3,(H,17,18)(H2,12,13,16,19). The van der Waals surface area contributed by atoms with Crippen LogP contribution in [0.4, 0.5) is 4.79 Å². The Morgan fingerprint density at radius 1 is 1.42 bits per heavy atom. The number of nitrogens with zero attached hydrogens (tertiary/aromatic N) is 3. The number of carbonyl (C=O) groups excluding carboxylic acids is 2. The summed E-state index contributed by atoms with van der Waals surface area (Å²) in [6.45, 7) is 1.69. The van der Waals surface area contributed by atoms with Gasteiger partial charge in [-0.25, -0.2) is 4.79 Å². The molecule has 0 spiro atoms. The number of hydrogen-bond donors (Lipinski definition) is 3. The van der Waals surface area contributed by atoms with Gasteiger partial charge in [-0.1, -0.05) is 0 Å². The van der Waals surface area contributed by atoms with E-state index in [4.69, 9.17) is 5.11 Å². The molecule has 3 amide bonds. The van der Waals surface area contributed by atoms with Crippen molar-refractivity contribution >= 4 is 17.9 Å². The summed E-state index contributed by atoms with van der Waals surface area (Å²) in [6.07, 6.45) is 0.919. The molecule has 0 aliphatic rings. The maximum Gasteiger partial charge on any atom is 0.322 e. The third kappa shape index (κ3) is 4.74. The molecule has 0 aromatic carbocycles. The van der Waals surface area contributed by atoms with Gasteiger partial charge in [0.05, 0.1) is 12.5 Å². The maximum absolute atomic E-state index is 11.5. The molecule has 0 aliphatic carbocycles. The summed E-state index contributed by atoms with van der Waals surface area (Å²) in [5, 5.41) is 20.4. The third-order valence-electron chi connectivity index (χ3n) is 2.30. The molecule has 9 nitrogen and oxygen atoms in total. The Kier molecular flexibility index (Phi) is 4.98. The van der Waals surface area contributed by atoms with E-state index in [9.17, 15) is 14.4 Å². The van der Waals surface area contributed by atoms with Gasteiger partial charge in [0.2, 0.25) is 5.91 Å². The number of imide groups is 1. The molecule has 0 bridgehead atoms. The van der Waals surface area contributed by atoms with Crippen molar-refractivity contribution in [3.05, 3.63) is 12.2 Å². The number of rotatable bonds is 5. The van der Waals surface area contributed by atoms with Crippen molar-refractivity contribution in [3.63, 3.8) is 0 Å². The molecule has 19 heavy (non-hydrogen) atoms. The quantitative estimate of drug-likeness (QED) is 0.665. The van der Waals surface area contributed by atoms with Crippen molar-refractivity contribution in [1.29, 1.82) is 0 Å². The van der Waals surface area contributed by atoms with Crippen molar-refractivity contribution in [2.24, 2.45) is 7.05 Å². The van der Waals surface area contributed by atoms with Gasteiger partial charge in [0.15, 0.2) is 5.82 Å². The first-order chi connectivity index (χ1) is 8.90. The molecular weight excluding hydrogens is 254 g/mol. The monoisotopic (exact) mass is 269 g/mol. The average molecular weight is 269 g/mol. The van der Waals surface area contributed by atoms with Crippen LogP contribution in [0.25, 0.3) is 0 Å². The largest absolute Gasteiger partial charge is 0.481 e. The summed E-state index contributed by atoms with van der Waals surface area (Å²) in [4.78, 5) is 33.0. The highest BCUT2D eigenvalue weighted by molar-refractivity contribution is 5.95. The summed E-state index contributed by atoms with van der Waals surface area (Å²) in [5.74, 6) is -1.21. The number of nitrogens with one attached hydrogen (secondary N) is 2. The summed E-state index contributed by atoms with van der Waals surface area (Å²) < 4.78 is 1.64. The molecule has 0 saturated carbocycles. The van der Waals surface area contributed by atoms with Crippen LogP contribution in [0.2, 0.25) is 0 Å². The molecule has 1 heterocycles. The molecule has 104 valence electrons. The number of carboxylic acid groups (broad SMARTS) is 1. The minimum Gasteiger partial charge on any atom is -0.481 e. The molecule has 1 rings (SSSR count). The fourth-order valence-corrected chi connectivity index (χ4v) is 1.39. The first-order valence-electron chi connectivity index (χ1n) is 5.56. The van der Waals surface area contributed by atoms with Crippen LogP contribution in [0, 0.1) is 0 Å². The Hall–Kier alpha value is -2.45. The Morgan fingerprint density at radius 2 is 2.11 bits per heavy atom. The normalized spacial score (nSPS) is 11.7. The number of carbonyl (C=O) groups is 3. The van der Waals surface area contributed by atoms with Crippen LogP contribution in [0.5, 0.6) is 0 Å². The number of aryl methyl sites for hydroxylation is 1. The van der Waals surface area contributed by atoms with Gasteiger partial charge >= 0.3 is 12.0 Å². The zero-order valence-corrected chi connectivity index (χ0v) is 10.6. The number of aromatic nitrogens is 3. The molecule has 3 N–H and O–H groups in total. The van der Waals surface area contributed by atoms with Crippen LogP contribution in [-0.2, 0) is 16.6 Å². The van der Waals surface area contributed by atoms with Gasteiger partial charge in [-0.05, 0) is 6.92 Å². The summed E-state index contributed by atoms with van der Waals surface area (Å²) >= 11 is 0. The van der Waals surface area contributed by atoms with Crippen LogP contribution in [0.3, 0.4) is 0 Å². The fourth-order valence-electron chi connectivity index (χ4n) is 1.39. The van der Waals surface area contributed by atoms with Gasteiger partial charge < -0.3 is 15.0 Å². The van der Waals surface area contributed by atoms with Crippen molar-refractivity contribution in [2.75, 3.05) is 0 Å². The number of aliphatic carboxylic acids is 1. The smallest absolute Gasteiger partial charge is 0.322 e. The van der Waals surface area contributed by atoms with E-state index in [0.29, 0.717) is 5.82 Å². The number of carboxylic acids is 1. The third-order valence-corrected chi connectivity index (χ3v) is 2.30. The van der Waals surface area contributed by atoms with Crippen molar-refractivity contribution in [3.8, 4) is 0 Å². The average Bonchev–Trinajstić information content (AvgIpc) is 2.72. The molecule has 1 aromatic rings. The zero-order valence-electron chi connectivity index (χ0n) is 10.6. The molecule has 1 aromatic heterocycles. The highest BCUT2D eigenvalue weighted by Crippen LogP contribution is 2.06. The highest BCUT2D eigenvalue weighted by Gasteiger charge is 2.16. The van der Waals surface area contributed by atoms with E-state index in [1.54, 1.807) is 18.5 Å². The second-order valence-corrected chi connectivity index (χ2v) is 3.94. The molecule has 1 unspecified atom stereocenters. The number of amides is 3. The molecule has 0 fully saturated rings. The predicted molar refractivity (Wildman–Crippen MR) is 63.0 cm³/mol. The van der Waals surface area contributed by atoms with Crippen molar-refractivity contribution in [2.45, 2.75) is 25.8 Å². The molecule has 0 saturated heterocycles. The van der Waals surface area contributed by atoms with Gasteiger partial charge in [0.1, 0.15) is 6.33 Å². The van der Waals surface area contributed by atoms with E-state index in [1.165, 1.54) is 6.33 Å². The molecule has 9 heteroatoms. The van der Waals surface area contributed by atoms with E-state index in [0.717, 1.165) is 0 Å². The summed E-state index contributed by atoms with van der Waals surface area (Å²) in [6, 6.07) is -1.13. The lowest BCUT2D eigenvalue weighted by molar-refractivity contribution is -0.138. The summed E-state index contributed by atoms with van der Waals surface area (Å²) in [7, 11) is 1.73. The summed E-state index contributed by atoms with van der Waals surface area (Å²) in [5.41, 5.74) is 0. The maximum atomic E-state index is 11.5. The van der Waals surface area contributed by atoms with Gasteiger partial charge in [0, 0.05) is 13.5 Å². The molecule has 0 aliphatic heterocycles. The second kappa shape index (κ2) is 6.47. The van der Waals surface area contributed by atoms with Gasteiger partial charge in [-0.15, -0.1) is 10.2 Å². The minimum atomic E-state index is -1.09. The first kappa shape index (κ1) is 14.6. The van der Waals surface area contributed by atoms with E-state index >= 15 is 0 Å². The van der Waals surface area contributed by atoms with Gasteiger partial charge in [-0.2, -0.15) is 0 Å². The lowest BCUT2D eigenvalue weighted by Crippen LogP contribution is -2.41. The van der Waals surface area contributed by atoms with Gasteiger partial charge in [-0.3, -0.25) is 14.9 Å². The van der Waals surface area contributed by atoms with E-state index in [-0.39, 0.29) is 12.8 Å². The van der Waals surface area contributed by atoms with Crippen LogP contribution in [-0.4, -0.2) is 37.8 Å². The first-order valence-corrected chi connectivity index (χ1v) is 5.56. The second-order valence-electron chi connectivity index (χ2n) is 3.94. The lowest BCUT2D eigenvalue weighted by atomic mass is 10.3. The molecule has 0 radical (unpaired) electrons. The SMILES string of the molecule is CC(NC(=O)NC(=O)CCC(=O)O)c1nncn1C. The van der Waals surface area contributed by atoms with Crippen molar-refractivity contribution in [1.82, 2.24) is 25.4 Å². The molecule has 1 atom stereocenters. The number of hydrogen-bond acceptors (Lipinski definition) is 5. The Labute approximate surface area is 109 Å². The topological polar surface area (TPSA) is 126 Å². The van der Waals surface area contributed by atoms with Crippen LogP contribution >= 0.6 is 0 Å². The van der Waals surface area contributed by atoms with E-state index < -0.39 is 23.9 Å². The van der Waals surface area contributed by atoms with Crippen molar-refractivity contribution < 1.29 is 19.5 Å². The zero-order chi connectivity index (χ0) is 14.4. The lowest BCUT2D eigenvalue weighted by Gasteiger charge is -2.13. The number of urea groups is 1. The van der Waals surface area contributed by atoms with Crippen LogP contribution < -0.4 is 10.6 Å². The molecular formula is C10H15N5O4. The minimum absolute atomic E-state index is 0.249. The Morgan fingerprint density at radius 3 is 2.63 bits per heavy atom. The van der Waals surface area contributed by atoms with E-state index in [1.807, 2.05) is 5.32 Å². The Bertz CT molecular complexity index is 484. The van der Waals surface area contributed by atoms with Crippen LogP contribution in [0.15, 0.2) is 6.33 Å². The highest BCUT2D eigenvalue weighted by atomic mass is 16.4. The van der Waals surface area contributed by atoms with Crippen LogP contribution in [0.1, 0.15) is 31.6 Å².